The molecule has 3 heterocycles. The smallest absolute Gasteiger partial charge is 0.241 e. The third-order valence-corrected chi connectivity index (χ3v) is 4.29. The number of nitrogens with zero attached hydrogens (tertiary/aromatic N) is 2. The second-order valence-corrected chi connectivity index (χ2v) is 6.10. The van der Waals surface area contributed by atoms with Gasteiger partial charge in [0.25, 0.3) is 0 Å². The number of hydrogen-bond acceptors (Lipinski definition) is 7. The summed E-state index contributed by atoms with van der Waals surface area (Å²) in [7, 11) is 1.53. The summed E-state index contributed by atoms with van der Waals surface area (Å²) in [4.78, 5) is 21.0. The number of amides is 1. The first-order valence-electron chi connectivity index (χ1n) is 8.26. The molecular weight excluding hydrogens is 372 g/mol. The van der Waals surface area contributed by atoms with Gasteiger partial charge in [0.15, 0.2) is 11.2 Å². The SMILES string of the molecule is COc1ccc(-c2nc3ncccc3o2)cc1NC(=O)[C@@H]1C[C@@H](O)CN1.Cl. The number of aliphatic hydroxyl groups is 1. The number of benzene rings is 1. The lowest BCUT2D eigenvalue weighted by atomic mass is 10.1. The number of oxazole rings is 1. The molecule has 1 fully saturated rings. The summed E-state index contributed by atoms with van der Waals surface area (Å²) in [5.74, 6) is 0.706. The van der Waals surface area contributed by atoms with Gasteiger partial charge in [-0.3, -0.25) is 4.79 Å². The molecule has 9 heteroatoms. The van der Waals surface area contributed by atoms with Crippen LogP contribution in [0.15, 0.2) is 40.9 Å². The van der Waals surface area contributed by atoms with E-state index in [-0.39, 0.29) is 18.3 Å². The summed E-state index contributed by atoms with van der Waals surface area (Å²) in [6.07, 6.45) is 1.52. The number of halogens is 1. The van der Waals surface area contributed by atoms with Crippen LogP contribution in [0.25, 0.3) is 22.7 Å². The Bertz CT molecular complexity index is 928. The van der Waals surface area contributed by atoms with Crippen molar-refractivity contribution in [3.05, 3.63) is 36.5 Å². The maximum absolute atomic E-state index is 12.4. The van der Waals surface area contributed by atoms with E-state index in [0.29, 0.717) is 47.1 Å². The zero-order chi connectivity index (χ0) is 18.1. The Labute approximate surface area is 161 Å². The van der Waals surface area contributed by atoms with Gasteiger partial charge < -0.3 is 24.9 Å². The number of pyridine rings is 1. The van der Waals surface area contributed by atoms with Crippen molar-refractivity contribution >= 4 is 35.2 Å². The minimum absolute atomic E-state index is 0. The topological polar surface area (TPSA) is 110 Å². The van der Waals surface area contributed by atoms with Crippen LogP contribution >= 0.6 is 12.4 Å². The van der Waals surface area contributed by atoms with Crippen molar-refractivity contribution in [2.24, 2.45) is 0 Å². The molecule has 0 radical (unpaired) electrons. The summed E-state index contributed by atoms with van der Waals surface area (Å²) in [6, 6.07) is 8.42. The second-order valence-electron chi connectivity index (χ2n) is 6.10. The van der Waals surface area contributed by atoms with Gasteiger partial charge in [-0.05, 0) is 36.8 Å². The lowest BCUT2D eigenvalue weighted by Crippen LogP contribution is -2.35. The summed E-state index contributed by atoms with van der Waals surface area (Å²) in [5.41, 5.74) is 2.31. The molecule has 1 aromatic carbocycles. The van der Waals surface area contributed by atoms with Crippen molar-refractivity contribution < 1.29 is 19.1 Å². The molecule has 1 aliphatic rings. The Balaban J connectivity index is 0.00000210. The lowest BCUT2D eigenvalue weighted by Gasteiger charge is -2.14. The Kier molecular flexibility index (Phi) is 5.59. The Morgan fingerprint density at radius 3 is 2.96 bits per heavy atom. The first-order chi connectivity index (χ1) is 12.6. The molecule has 0 unspecified atom stereocenters. The van der Waals surface area contributed by atoms with Crippen LogP contribution in [-0.4, -0.2) is 46.8 Å². The maximum atomic E-state index is 12.4. The van der Waals surface area contributed by atoms with Gasteiger partial charge in [0.2, 0.25) is 11.8 Å². The molecule has 1 saturated heterocycles. The van der Waals surface area contributed by atoms with Crippen LogP contribution in [0.1, 0.15) is 6.42 Å². The molecule has 2 aromatic heterocycles. The van der Waals surface area contributed by atoms with E-state index in [1.165, 1.54) is 7.11 Å². The number of anilines is 1. The highest BCUT2D eigenvalue weighted by atomic mass is 35.5. The fourth-order valence-electron chi connectivity index (χ4n) is 2.97. The third-order valence-electron chi connectivity index (χ3n) is 4.29. The zero-order valence-electron chi connectivity index (χ0n) is 14.5. The summed E-state index contributed by atoms with van der Waals surface area (Å²) in [6.45, 7) is 0.408. The average Bonchev–Trinajstić information content (AvgIpc) is 3.27. The van der Waals surface area contributed by atoms with Crippen LogP contribution in [0.4, 0.5) is 5.69 Å². The van der Waals surface area contributed by atoms with Gasteiger partial charge in [0.1, 0.15) is 5.75 Å². The van der Waals surface area contributed by atoms with Crippen molar-refractivity contribution in [2.75, 3.05) is 19.0 Å². The van der Waals surface area contributed by atoms with E-state index in [0.717, 1.165) is 0 Å². The van der Waals surface area contributed by atoms with E-state index < -0.39 is 12.1 Å². The molecule has 1 aliphatic heterocycles. The van der Waals surface area contributed by atoms with Crippen LogP contribution in [0.2, 0.25) is 0 Å². The summed E-state index contributed by atoms with van der Waals surface area (Å²) >= 11 is 0. The molecule has 0 spiro atoms. The largest absolute Gasteiger partial charge is 0.495 e. The number of carbonyl (C=O) groups is 1. The number of β-amino-alcohol motifs (C(OH)–C–C–N with tert-alkyl or cyclic N) is 1. The number of methoxy groups -OCH3 is 1. The van der Waals surface area contributed by atoms with Gasteiger partial charge in [0, 0.05) is 18.3 Å². The van der Waals surface area contributed by atoms with Crippen molar-refractivity contribution in [2.45, 2.75) is 18.6 Å². The molecule has 27 heavy (non-hydrogen) atoms. The van der Waals surface area contributed by atoms with Crippen LogP contribution in [0.3, 0.4) is 0 Å². The van der Waals surface area contributed by atoms with Gasteiger partial charge >= 0.3 is 0 Å². The quantitative estimate of drug-likeness (QED) is 0.624. The highest BCUT2D eigenvalue weighted by Crippen LogP contribution is 2.31. The standard InChI is InChI=1S/C18H18N4O4.ClH/c1-25-14-5-4-10(18-22-16-15(26-18)3-2-6-19-16)7-12(14)21-17(24)13-8-11(23)9-20-13;/h2-7,11,13,20,23H,8-9H2,1H3,(H,21,24);1H/t11-,13+;/m1./s1. The lowest BCUT2D eigenvalue weighted by molar-refractivity contribution is -0.117. The zero-order valence-corrected chi connectivity index (χ0v) is 15.3. The molecule has 1 amide bonds. The Hall–Kier alpha value is -2.68. The number of aliphatic hydroxyl groups excluding tert-OH is 1. The van der Waals surface area contributed by atoms with Crippen LogP contribution in [0, 0.1) is 0 Å². The van der Waals surface area contributed by atoms with Crippen molar-refractivity contribution in [1.29, 1.82) is 0 Å². The summed E-state index contributed by atoms with van der Waals surface area (Å²) < 4.78 is 11.1. The van der Waals surface area contributed by atoms with Crippen LogP contribution in [-0.2, 0) is 4.79 Å². The number of fused-ring (bicyclic) bond motifs is 1. The summed E-state index contributed by atoms with van der Waals surface area (Å²) in [5, 5.41) is 15.4. The number of nitrogens with one attached hydrogen (secondary N) is 2. The predicted molar refractivity (Wildman–Crippen MR) is 102 cm³/mol. The fourth-order valence-corrected chi connectivity index (χ4v) is 2.97. The van der Waals surface area contributed by atoms with Gasteiger partial charge in [-0.1, -0.05) is 0 Å². The molecule has 0 saturated carbocycles. The van der Waals surface area contributed by atoms with Gasteiger partial charge in [0.05, 0.1) is 24.9 Å². The van der Waals surface area contributed by atoms with Gasteiger partial charge in [-0.25, -0.2) is 4.98 Å². The Morgan fingerprint density at radius 1 is 1.41 bits per heavy atom. The predicted octanol–water partition coefficient (Wildman–Crippen LogP) is 1.98. The van der Waals surface area contributed by atoms with E-state index in [4.69, 9.17) is 9.15 Å². The third kappa shape index (κ3) is 3.87. The van der Waals surface area contributed by atoms with Crippen LogP contribution in [0.5, 0.6) is 5.75 Å². The molecule has 142 valence electrons. The van der Waals surface area contributed by atoms with E-state index >= 15 is 0 Å². The number of ether oxygens (including phenoxy) is 1. The normalized spacial score (nSPS) is 18.9. The van der Waals surface area contributed by atoms with E-state index in [2.05, 4.69) is 20.6 Å². The van der Waals surface area contributed by atoms with Crippen LogP contribution < -0.4 is 15.4 Å². The molecule has 0 aliphatic carbocycles. The number of hydrogen-bond donors (Lipinski definition) is 3. The minimum atomic E-state index is -0.508. The molecule has 3 aromatic rings. The molecular formula is C18H19ClN4O4. The first-order valence-corrected chi connectivity index (χ1v) is 8.26. The number of rotatable bonds is 4. The van der Waals surface area contributed by atoms with Crippen molar-refractivity contribution in [1.82, 2.24) is 15.3 Å². The van der Waals surface area contributed by atoms with Gasteiger partial charge in [-0.2, -0.15) is 4.98 Å². The highest BCUT2D eigenvalue weighted by molar-refractivity contribution is 5.97. The maximum Gasteiger partial charge on any atom is 0.241 e. The number of aromatic nitrogens is 2. The monoisotopic (exact) mass is 390 g/mol. The van der Waals surface area contributed by atoms with E-state index in [1.807, 2.05) is 0 Å². The van der Waals surface area contributed by atoms with E-state index in [9.17, 15) is 9.90 Å². The van der Waals surface area contributed by atoms with Gasteiger partial charge in [-0.15, -0.1) is 12.4 Å². The highest BCUT2D eigenvalue weighted by Gasteiger charge is 2.28. The number of carbonyl (C=O) groups excluding carboxylic acids is 1. The molecule has 3 N–H and O–H groups in total. The molecule has 8 nitrogen and oxygen atoms in total. The minimum Gasteiger partial charge on any atom is -0.495 e. The van der Waals surface area contributed by atoms with Crippen molar-refractivity contribution in [3.63, 3.8) is 0 Å². The second kappa shape index (κ2) is 7.91. The fraction of sp³-hybridized carbons (Fsp3) is 0.278. The van der Waals surface area contributed by atoms with E-state index in [1.54, 1.807) is 36.5 Å². The molecule has 2 atom stereocenters. The molecule has 4 rings (SSSR count). The average molecular weight is 391 g/mol. The Morgan fingerprint density at radius 2 is 2.26 bits per heavy atom. The first kappa shape index (κ1) is 19.1. The molecule has 0 bridgehead atoms. The van der Waals surface area contributed by atoms with Crippen molar-refractivity contribution in [3.8, 4) is 17.2 Å².